The maximum Gasteiger partial charge on any atom is 0.142 e. The molecule has 3 rings (SSSR count). The first-order valence-electron chi connectivity index (χ1n) is 6.84. The molecule has 20 heavy (non-hydrogen) atoms. The van der Waals surface area contributed by atoms with Crippen molar-refractivity contribution in [3.05, 3.63) is 70.0 Å². The highest BCUT2D eigenvalue weighted by Gasteiger charge is 2.34. The van der Waals surface area contributed by atoms with Gasteiger partial charge in [0.15, 0.2) is 0 Å². The highest BCUT2D eigenvalue weighted by molar-refractivity contribution is 6.31. The summed E-state index contributed by atoms with van der Waals surface area (Å²) in [7, 11) is 0. The van der Waals surface area contributed by atoms with E-state index in [0.717, 1.165) is 18.4 Å². The molecule has 1 atom stereocenters. The van der Waals surface area contributed by atoms with Crippen LogP contribution in [0.15, 0.2) is 42.5 Å². The lowest BCUT2D eigenvalue weighted by Gasteiger charge is -2.35. The second-order valence-corrected chi connectivity index (χ2v) is 5.81. The molecule has 0 saturated carbocycles. The molecule has 0 saturated heterocycles. The molecule has 0 spiro atoms. The van der Waals surface area contributed by atoms with E-state index >= 15 is 0 Å². The standard InChI is InChI=1S/C17H16ClFO/c18-16-13(6-3-9-15(16)19)11-17(20)10-4-7-12-5-1-2-8-14(12)17/h1-3,5-6,8-9,20H,4,7,10-11H2. The molecule has 0 aliphatic heterocycles. The number of aryl methyl sites for hydroxylation is 1. The van der Waals surface area contributed by atoms with Crippen LogP contribution >= 0.6 is 11.6 Å². The van der Waals surface area contributed by atoms with E-state index in [1.54, 1.807) is 12.1 Å². The highest BCUT2D eigenvalue weighted by Crippen LogP contribution is 2.39. The number of hydrogen-bond donors (Lipinski definition) is 1. The van der Waals surface area contributed by atoms with Crippen molar-refractivity contribution in [3.8, 4) is 0 Å². The van der Waals surface area contributed by atoms with E-state index in [1.165, 1.54) is 11.6 Å². The molecule has 2 aromatic carbocycles. The Balaban J connectivity index is 2.00. The largest absolute Gasteiger partial charge is 0.385 e. The van der Waals surface area contributed by atoms with Gasteiger partial charge in [-0.05, 0) is 42.0 Å². The van der Waals surface area contributed by atoms with Gasteiger partial charge in [0, 0.05) is 6.42 Å². The number of halogens is 2. The average Bonchev–Trinajstić information content (AvgIpc) is 2.44. The Hall–Kier alpha value is -1.38. The Morgan fingerprint density at radius 2 is 1.95 bits per heavy atom. The van der Waals surface area contributed by atoms with Crippen molar-refractivity contribution in [3.63, 3.8) is 0 Å². The van der Waals surface area contributed by atoms with Gasteiger partial charge in [0.2, 0.25) is 0 Å². The first-order chi connectivity index (χ1) is 9.60. The fourth-order valence-electron chi connectivity index (χ4n) is 3.08. The summed E-state index contributed by atoms with van der Waals surface area (Å²) in [6.07, 6.45) is 2.94. The second kappa shape index (κ2) is 5.19. The van der Waals surface area contributed by atoms with Gasteiger partial charge in [-0.15, -0.1) is 0 Å². The Labute approximate surface area is 123 Å². The zero-order valence-corrected chi connectivity index (χ0v) is 11.8. The van der Waals surface area contributed by atoms with E-state index in [1.807, 2.05) is 24.3 Å². The Kier molecular flexibility index (Phi) is 3.53. The minimum absolute atomic E-state index is 0.115. The van der Waals surface area contributed by atoms with E-state index < -0.39 is 11.4 Å². The number of hydrogen-bond acceptors (Lipinski definition) is 1. The van der Waals surface area contributed by atoms with Crippen LogP contribution in [0, 0.1) is 5.82 Å². The minimum atomic E-state index is -0.952. The van der Waals surface area contributed by atoms with Gasteiger partial charge in [0.1, 0.15) is 5.82 Å². The molecule has 0 fully saturated rings. The van der Waals surface area contributed by atoms with Gasteiger partial charge < -0.3 is 5.11 Å². The average molecular weight is 291 g/mol. The number of fused-ring (bicyclic) bond motifs is 1. The van der Waals surface area contributed by atoms with Gasteiger partial charge in [-0.1, -0.05) is 48.0 Å². The Morgan fingerprint density at radius 3 is 2.80 bits per heavy atom. The quantitative estimate of drug-likeness (QED) is 0.877. The summed E-state index contributed by atoms with van der Waals surface area (Å²) in [5.74, 6) is -0.433. The first-order valence-corrected chi connectivity index (χ1v) is 7.22. The lowest BCUT2D eigenvalue weighted by molar-refractivity contribution is 0.0190. The van der Waals surface area contributed by atoms with Crippen molar-refractivity contribution >= 4 is 11.6 Å². The minimum Gasteiger partial charge on any atom is -0.385 e. The molecule has 104 valence electrons. The van der Waals surface area contributed by atoms with Crippen molar-refractivity contribution in [2.45, 2.75) is 31.3 Å². The molecule has 1 N–H and O–H groups in total. The maximum atomic E-state index is 13.5. The van der Waals surface area contributed by atoms with E-state index in [2.05, 4.69) is 0 Å². The van der Waals surface area contributed by atoms with Crippen LogP contribution in [0.25, 0.3) is 0 Å². The van der Waals surface area contributed by atoms with E-state index in [-0.39, 0.29) is 5.02 Å². The highest BCUT2D eigenvalue weighted by atomic mass is 35.5. The van der Waals surface area contributed by atoms with Crippen LogP contribution < -0.4 is 0 Å². The number of rotatable bonds is 2. The molecule has 0 aromatic heterocycles. The second-order valence-electron chi connectivity index (χ2n) is 5.43. The van der Waals surface area contributed by atoms with Gasteiger partial charge in [-0.25, -0.2) is 4.39 Å². The Morgan fingerprint density at radius 1 is 1.15 bits per heavy atom. The predicted molar refractivity (Wildman–Crippen MR) is 78.4 cm³/mol. The first kappa shape index (κ1) is 13.6. The molecule has 3 heteroatoms. The topological polar surface area (TPSA) is 20.2 Å². The third kappa shape index (κ3) is 2.34. The zero-order chi connectivity index (χ0) is 14.2. The summed E-state index contributed by atoms with van der Waals surface area (Å²) in [5, 5.41) is 11.1. The van der Waals surface area contributed by atoms with Crippen LogP contribution in [0.4, 0.5) is 4.39 Å². The van der Waals surface area contributed by atoms with Gasteiger partial charge in [0.05, 0.1) is 10.6 Å². The molecule has 1 aliphatic carbocycles. The predicted octanol–water partition coefficient (Wildman–Crippen LogP) is 4.25. The van der Waals surface area contributed by atoms with Gasteiger partial charge >= 0.3 is 0 Å². The molecule has 1 unspecified atom stereocenters. The normalized spacial score (nSPS) is 21.6. The van der Waals surface area contributed by atoms with Crippen LogP contribution in [-0.4, -0.2) is 5.11 Å². The van der Waals surface area contributed by atoms with Crippen molar-refractivity contribution in [2.75, 3.05) is 0 Å². The maximum absolute atomic E-state index is 13.5. The monoisotopic (exact) mass is 290 g/mol. The summed E-state index contributed by atoms with van der Waals surface area (Å²) in [4.78, 5) is 0. The fraction of sp³-hybridized carbons (Fsp3) is 0.294. The summed E-state index contributed by atoms with van der Waals surface area (Å²) >= 11 is 6.02. The molecular formula is C17H16ClFO. The van der Waals surface area contributed by atoms with E-state index in [4.69, 9.17) is 11.6 Å². The third-order valence-corrected chi connectivity index (χ3v) is 4.49. The number of benzene rings is 2. The van der Waals surface area contributed by atoms with Gasteiger partial charge in [-0.2, -0.15) is 0 Å². The lowest BCUT2D eigenvalue weighted by atomic mass is 9.76. The smallest absolute Gasteiger partial charge is 0.142 e. The van der Waals surface area contributed by atoms with Crippen molar-refractivity contribution in [2.24, 2.45) is 0 Å². The molecule has 0 radical (unpaired) electrons. The van der Waals surface area contributed by atoms with Crippen LogP contribution in [-0.2, 0) is 18.4 Å². The zero-order valence-electron chi connectivity index (χ0n) is 11.1. The molecule has 0 amide bonds. The van der Waals surface area contributed by atoms with Crippen LogP contribution in [0.2, 0.25) is 5.02 Å². The summed E-state index contributed by atoms with van der Waals surface area (Å²) < 4.78 is 13.5. The van der Waals surface area contributed by atoms with E-state index in [9.17, 15) is 9.50 Å². The van der Waals surface area contributed by atoms with Crippen molar-refractivity contribution in [1.82, 2.24) is 0 Å². The molecule has 1 aliphatic rings. The fourth-order valence-corrected chi connectivity index (χ4v) is 3.27. The third-order valence-electron chi connectivity index (χ3n) is 4.07. The van der Waals surface area contributed by atoms with Crippen LogP contribution in [0.3, 0.4) is 0 Å². The van der Waals surface area contributed by atoms with Crippen LogP contribution in [0.5, 0.6) is 0 Å². The van der Waals surface area contributed by atoms with Crippen LogP contribution in [0.1, 0.15) is 29.5 Å². The van der Waals surface area contributed by atoms with Gasteiger partial charge in [0.25, 0.3) is 0 Å². The van der Waals surface area contributed by atoms with Gasteiger partial charge in [-0.3, -0.25) is 0 Å². The molecule has 0 heterocycles. The summed E-state index contributed by atoms with van der Waals surface area (Å²) in [6, 6.07) is 12.7. The van der Waals surface area contributed by atoms with Crippen molar-refractivity contribution < 1.29 is 9.50 Å². The SMILES string of the molecule is OC1(Cc2cccc(F)c2Cl)CCCc2ccccc21. The Bertz CT molecular complexity index is 641. The molecular weight excluding hydrogens is 275 g/mol. The van der Waals surface area contributed by atoms with E-state index in [0.29, 0.717) is 18.4 Å². The number of aliphatic hydroxyl groups is 1. The molecule has 0 bridgehead atoms. The molecule has 1 nitrogen and oxygen atoms in total. The lowest BCUT2D eigenvalue weighted by Crippen LogP contribution is -2.33. The van der Waals surface area contributed by atoms with Crippen molar-refractivity contribution in [1.29, 1.82) is 0 Å². The molecule has 2 aromatic rings. The summed E-state index contributed by atoms with van der Waals surface area (Å²) in [6.45, 7) is 0. The summed E-state index contributed by atoms with van der Waals surface area (Å²) in [5.41, 5.74) is 1.83.